The van der Waals surface area contributed by atoms with Crippen LogP contribution >= 0.6 is 0 Å². The number of aryl methyl sites for hydroxylation is 3. The summed E-state index contributed by atoms with van der Waals surface area (Å²) in [6.07, 6.45) is 1.52. The van der Waals surface area contributed by atoms with Crippen LogP contribution in [0.1, 0.15) is 34.7 Å². The van der Waals surface area contributed by atoms with Gasteiger partial charge in [-0.1, -0.05) is 6.07 Å². The van der Waals surface area contributed by atoms with Crippen molar-refractivity contribution in [3.8, 4) is 11.5 Å². The van der Waals surface area contributed by atoms with E-state index in [1.807, 2.05) is 32.0 Å². The van der Waals surface area contributed by atoms with Crippen LogP contribution in [0.2, 0.25) is 0 Å². The first-order valence-corrected chi connectivity index (χ1v) is 9.68. The molecule has 1 unspecified atom stereocenters. The first kappa shape index (κ1) is 17.8. The minimum Gasteiger partial charge on any atom is -0.493 e. The van der Waals surface area contributed by atoms with Crippen LogP contribution in [-0.2, 0) is 16.4 Å². The molecule has 2 aromatic rings. The van der Waals surface area contributed by atoms with Crippen molar-refractivity contribution in [2.24, 2.45) is 0 Å². The SMILES string of the molecule is COc1cc2c(cc1OC)C(NS(=O)(=O)c1ccc(C)c(C)c1)CC2. The van der Waals surface area contributed by atoms with Gasteiger partial charge in [0.25, 0.3) is 0 Å². The molecule has 6 heteroatoms. The second-order valence-corrected chi connectivity index (χ2v) is 8.08. The number of sulfonamides is 1. The summed E-state index contributed by atoms with van der Waals surface area (Å²) in [6, 6.07) is 8.73. The third-order valence-electron chi connectivity index (χ3n) is 4.81. The van der Waals surface area contributed by atoms with Gasteiger partial charge in [-0.3, -0.25) is 0 Å². The molecule has 0 radical (unpaired) electrons. The number of rotatable bonds is 5. The molecule has 3 rings (SSSR count). The summed E-state index contributed by atoms with van der Waals surface area (Å²) >= 11 is 0. The molecular formula is C19H23NO4S. The van der Waals surface area contributed by atoms with Gasteiger partial charge >= 0.3 is 0 Å². The smallest absolute Gasteiger partial charge is 0.241 e. The molecule has 1 atom stereocenters. The number of hydrogen-bond donors (Lipinski definition) is 1. The maximum Gasteiger partial charge on any atom is 0.241 e. The van der Waals surface area contributed by atoms with Crippen molar-refractivity contribution in [1.29, 1.82) is 0 Å². The van der Waals surface area contributed by atoms with E-state index in [-0.39, 0.29) is 6.04 Å². The number of benzene rings is 2. The third kappa shape index (κ3) is 3.37. The van der Waals surface area contributed by atoms with E-state index >= 15 is 0 Å². The van der Waals surface area contributed by atoms with Crippen molar-refractivity contribution < 1.29 is 17.9 Å². The van der Waals surface area contributed by atoms with E-state index in [9.17, 15) is 8.42 Å². The van der Waals surface area contributed by atoms with Crippen LogP contribution in [0.3, 0.4) is 0 Å². The lowest BCUT2D eigenvalue weighted by Crippen LogP contribution is -2.27. The molecule has 0 fully saturated rings. The van der Waals surface area contributed by atoms with E-state index in [4.69, 9.17) is 9.47 Å². The molecule has 25 heavy (non-hydrogen) atoms. The normalized spacial score (nSPS) is 16.6. The van der Waals surface area contributed by atoms with Crippen LogP contribution in [-0.4, -0.2) is 22.6 Å². The molecule has 5 nitrogen and oxygen atoms in total. The molecule has 0 aromatic heterocycles. The van der Waals surface area contributed by atoms with Crippen LogP contribution < -0.4 is 14.2 Å². The van der Waals surface area contributed by atoms with Gasteiger partial charge in [0.2, 0.25) is 10.0 Å². The molecule has 0 bridgehead atoms. The van der Waals surface area contributed by atoms with E-state index in [1.165, 1.54) is 0 Å². The van der Waals surface area contributed by atoms with Crippen molar-refractivity contribution in [3.63, 3.8) is 0 Å². The van der Waals surface area contributed by atoms with Gasteiger partial charge in [-0.15, -0.1) is 0 Å². The Bertz CT molecular complexity index is 906. The highest BCUT2D eigenvalue weighted by Crippen LogP contribution is 2.39. The van der Waals surface area contributed by atoms with E-state index < -0.39 is 10.0 Å². The van der Waals surface area contributed by atoms with Gasteiger partial charge in [-0.05, 0) is 73.2 Å². The molecule has 0 amide bonds. The Morgan fingerprint density at radius 2 is 1.68 bits per heavy atom. The topological polar surface area (TPSA) is 64.6 Å². The van der Waals surface area contributed by atoms with Gasteiger partial charge in [-0.25, -0.2) is 13.1 Å². The first-order chi connectivity index (χ1) is 11.9. The van der Waals surface area contributed by atoms with Crippen molar-refractivity contribution in [1.82, 2.24) is 4.72 Å². The molecule has 0 spiro atoms. The Kier molecular flexibility index (Phi) is 4.75. The van der Waals surface area contributed by atoms with E-state index in [0.29, 0.717) is 16.4 Å². The molecule has 1 N–H and O–H groups in total. The minimum atomic E-state index is -3.58. The molecule has 2 aromatic carbocycles. The third-order valence-corrected chi connectivity index (χ3v) is 6.28. The van der Waals surface area contributed by atoms with Crippen LogP contribution in [0, 0.1) is 13.8 Å². The molecule has 0 heterocycles. The molecule has 0 saturated carbocycles. The molecular weight excluding hydrogens is 338 g/mol. The minimum absolute atomic E-state index is 0.263. The monoisotopic (exact) mass is 361 g/mol. The molecule has 134 valence electrons. The van der Waals surface area contributed by atoms with Crippen molar-refractivity contribution in [3.05, 3.63) is 52.6 Å². The van der Waals surface area contributed by atoms with Gasteiger partial charge in [0.1, 0.15) is 0 Å². The lowest BCUT2D eigenvalue weighted by Gasteiger charge is -2.17. The lowest BCUT2D eigenvalue weighted by molar-refractivity contribution is 0.354. The summed E-state index contributed by atoms with van der Waals surface area (Å²) < 4.78 is 39.1. The summed E-state index contributed by atoms with van der Waals surface area (Å²) in [7, 11) is -0.410. The summed E-state index contributed by atoms with van der Waals surface area (Å²) in [5.41, 5.74) is 4.07. The van der Waals surface area contributed by atoms with Crippen LogP contribution in [0.25, 0.3) is 0 Å². The highest BCUT2D eigenvalue weighted by Gasteiger charge is 2.29. The summed E-state index contributed by atoms with van der Waals surface area (Å²) in [5, 5.41) is 0. The molecule has 0 aliphatic heterocycles. The fourth-order valence-corrected chi connectivity index (χ4v) is 4.53. The number of ether oxygens (including phenoxy) is 2. The number of methoxy groups -OCH3 is 2. The second-order valence-electron chi connectivity index (χ2n) is 6.36. The standard InChI is InChI=1S/C19H23NO4S/c1-12-5-7-15(9-13(12)2)25(21,22)20-17-8-6-14-10-18(23-3)19(24-4)11-16(14)17/h5,7,9-11,17,20H,6,8H2,1-4H3. The molecule has 1 aliphatic carbocycles. The predicted molar refractivity (Wildman–Crippen MR) is 96.8 cm³/mol. The second kappa shape index (κ2) is 6.69. The Labute approximate surface area is 149 Å². The van der Waals surface area contributed by atoms with Gasteiger partial charge in [-0.2, -0.15) is 0 Å². The summed E-state index contributed by atoms with van der Waals surface area (Å²) in [6.45, 7) is 3.88. The van der Waals surface area contributed by atoms with Crippen LogP contribution in [0.15, 0.2) is 35.2 Å². The first-order valence-electron chi connectivity index (χ1n) is 8.20. The van der Waals surface area contributed by atoms with Gasteiger partial charge in [0.05, 0.1) is 19.1 Å². The van der Waals surface area contributed by atoms with Gasteiger partial charge < -0.3 is 9.47 Å². The number of fused-ring (bicyclic) bond motifs is 1. The van der Waals surface area contributed by atoms with Crippen molar-refractivity contribution in [2.45, 2.75) is 37.6 Å². The Hall–Kier alpha value is -2.05. The Morgan fingerprint density at radius 3 is 2.32 bits per heavy atom. The van der Waals surface area contributed by atoms with E-state index in [1.54, 1.807) is 26.4 Å². The largest absolute Gasteiger partial charge is 0.493 e. The zero-order valence-electron chi connectivity index (χ0n) is 14.9. The average Bonchev–Trinajstić information content (AvgIpc) is 2.97. The van der Waals surface area contributed by atoms with Crippen molar-refractivity contribution in [2.75, 3.05) is 14.2 Å². The highest BCUT2D eigenvalue weighted by atomic mass is 32.2. The number of nitrogens with one attached hydrogen (secondary N) is 1. The van der Waals surface area contributed by atoms with E-state index in [0.717, 1.165) is 35.1 Å². The highest BCUT2D eigenvalue weighted by molar-refractivity contribution is 7.89. The zero-order chi connectivity index (χ0) is 18.2. The predicted octanol–water partition coefficient (Wildman–Crippen LogP) is 3.29. The van der Waals surface area contributed by atoms with Crippen molar-refractivity contribution >= 4 is 10.0 Å². The maximum absolute atomic E-state index is 12.8. The molecule has 0 saturated heterocycles. The number of hydrogen-bond acceptors (Lipinski definition) is 4. The Morgan fingerprint density at radius 1 is 1.00 bits per heavy atom. The lowest BCUT2D eigenvalue weighted by atomic mass is 10.1. The van der Waals surface area contributed by atoms with Crippen LogP contribution in [0.4, 0.5) is 0 Å². The maximum atomic E-state index is 12.8. The fraction of sp³-hybridized carbons (Fsp3) is 0.368. The molecule has 1 aliphatic rings. The summed E-state index contributed by atoms with van der Waals surface area (Å²) in [4.78, 5) is 0.296. The zero-order valence-corrected chi connectivity index (χ0v) is 15.7. The average molecular weight is 361 g/mol. The Balaban J connectivity index is 1.91. The van der Waals surface area contributed by atoms with Gasteiger partial charge in [0, 0.05) is 6.04 Å². The van der Waals surface area contributed by atoms with Crippen LogP contribution in [0.5, 0.6) is 11.5 Å². The van der Waals surface area contributed by atoms with E-state index in [2.05, 4.69) is 4.72 Å². The summed E-state index contributed by atoms with van der Waals surface area (Å²) in [5.74, 6) is 1.28. The quantitative estimate of drug-likeness (QED) is 0.888. The van der Waals surface area contributed by atoms with Gasteiger partial charge in [0.15, 0.2) is 11.5 Å². The fourth-order valence-electron chi connectivity index (χ4n) is 3.19.